The third-order valence-corrected chi connectivity index (χ3v) is 4.24. The zero-order valence-electron chi connectivity index (χ0n) is 10.7. The first-order chi connectivity index (χ1) is 9.52. The van der Waals surface area contributed by atoms with E-state index < -0.39 is 5.38 Å². The van der Waals surface area contributed by atoms with Gasteiger partial charge in [-0.2, -0.15) is 0 Å². The van der Waals surface area contributed by atoms with Crippen molar-refractivity contribution in [3.8, 4) is 5.75 Å². The van der Waals surface area contributed by atoms with Gasteiger partial charge in [0.15, 0.2) is 0 Å². The van der Waals surface area contributed by atoms with Crippen LogP contribution in [0.2, 0.25) is 0 Å². The zero-order valence-corrected chi connectivity index (χ0v) is 14.6. The van der Waals surface area contributed by atoms with Gasteiger partial charge in [-0.1, -0.05) is 37.9 Å². The lowest BCUT2D eigenvalue weighted by Gasteiger charge is -2.16. The van der Waals surface area contributed by atoms with E-state index in [2.05, 4.69) is 31.9 Å². The van der Waals surface area contributed by atoms with Crippen molar-refractivity contribution in [3.63, 3.8) is 0 Å². The van der Waals surface area contributed by atoms with E-state index in [0.717, 1.165) is 10.0 Å². The Bertz CT molecular complexity index is 619. The largest absolute Gasteiger partial charge is 0.494 e. The van der Waals surface area contributed by atoms with Crippen molar-refractivity contribution in [3.05, 3.63) is 62.3 Å². The van der Waals surface area contributed by atoms with Crippen LogP contribution in [0.4, 0.5) is 4.39 Å². The first-order valence-electron chi connectivity index (χ1n) is 6.04. The van der Waals surface area contributed by atoms with Crippen LogP contribution >= 0.6 is 43.5 Å². The molecule has 0 aromatic heterocycles. The van der Waals surface area contributed by atoms with Gasteiger partial charge in [0.05, 0.1) is 12.0 Å². The fourth-order valence-electron chi connectivity index (χ4n) is 1.88. The number of alkyl halides is 1. The molecule has 1 unspecified atom stereocenters. The number of hydrogen-bond acceptors (Lipinski definition) is 1. The Morgan fingerprint density at radius 3 is 2.40 bits per heavy atom. The third kappa shape index (κ3) is 3.54. The van der Waals surface area contributed by atoms with E-state index in [9.17, 15) is 4.39 Å². The Hall–Kier alpha value is -0.580. The van der Waals surface area contributed by atoms with Crippen LogP contribution in [0.25, 0.3) is 0 Å². The summed E-state index contributed by atoms with van der Waals surface area (Å²) < 4.78 is 21.2. The summed E-state index contributed by atoms with van der Waals surface area (Å²) in [5, 5.41) is -0.609. The number of rotatable bonds is 4. The summed E-state index contributed by atoms with van der Waals surface area (Å²) in [4.78, 5) is 0. The van der Waals surface area contributed by atoms with E-state index in [4.69, 9.17) is 16.3 Å². The predicted octanol–water partition coefficient (Wildman–Crippen LogP) is 6.08. The van der Waals surface area contributed by atoms with Crippen LogP contribution in [0, 0.1) is 5.82 Å². The Kier molecular flexibility index (Phi) is 5.47. The molecule has 0 fully saturated rings. The lowest BCUT2D eigenvalue weighted by Crippen LogP contribution is -2.02. The first kappa shape index (κ1) is 15.8. The monoisotopic (exact) mass is 420 g/mol. The maximum atomic E-state index is 14.0. The summed E-state index contributed by atoms with van der Waals surface area (Å²) in [6, 6.07) is 10.4. The maximum absolute atomic E-state index is 14.0. The molecular weight excluding hydrogens is 410 g/mol. The van der Waals surface area contributed by atoms with Crippen molar-refractivity contribution in [2.75, 3.05) is 6.61 Å². The topological polar surface area (TPSA) is 9.23 Å². The van der Waals surface area contributed by atoms with Crippen molar-refractivity contribution < 1.29 is 9.13 Å². The molecular formula is C15H12Br2ClFO. The second kappa shape index (κ2) is 6.92. The lowest BCUT2D eigenvalue weighted by molar-refractivity contribution is 0.336. The molecule has 1 atom stereocenters. The molecule has 0 N–H and O–H groups in total. The molecule has 0 amide bonds. The molecule has 1 nitrogen and oxygen atoms in total. The van der Waals surface area contributed by atoms with E-state index in [1.54, 1.807) is 12.1 Å². The van der Waals surface area contributed by atoms with Gasteiger partial charge >= 0.3 is 0 Å². The Labute approximate surface area is 139 Å². The zero-order chi connectivity index (χ0) is 14.7. The van der Waals surface area contributed by atoms with E-state index >= 15 is 0 Å². The Morgan fingerprint density at radius 1 is 1.10 bits per heavy atom. The number of hydrogen-bond donors (Lipinski definition) is 0. The summed E-state index contributed by atoms with van der Waals surface area (Å²) >= 11 is 13.1. The molecule has 5 heteroatoms. The average molecular weight is 423 g/mol. The summed E-state index contributed by atoms with van der Waals surface area (Å²) in [5.41, 5.74) is 1.16. The van der Waals surface area contributed by atoms with E-state index in [1.165, 1.54) is 6.07 Å². The van der Waals surface area contributed by atoms with E-state index in [-0.39, 0.29) is 5.82 Å². The van der Waals surface area contributed by atoms with Crippen LogP contribution in [0.5, 0.6) is 5.75 Å². The molecule has 2 aromatic rings. The van der Waals surface area contributed by atoms with Gasteiger partial charge in [0, 0.05) is 20.1 Å². The SMILES string of the molecule is CCOc1ccc(Br)cc1C(Cl)c1ccc(Br)cc1F. The molecule has 0 radical (unpaired) electrons. The van der Waals surface area contributed by atoms with Gasteiger partial charge < -0.3 is 4.74 Å². The highest BCUT2D eigenvalue weighted by Gasteiger charge is 2.19. The molecule has 0 saturated heterocycles. The molecule has 0 aliphatic rings. The van der Waals surface area contributed by atoms with Crippen LogP contribution in [-0.4, -0.2) is 6.61 Å². The standard InChI is InChI=1S/C15H12Br2ClFO/c1-2-20-14-6-4-9(16)7-12(14)15(18)11-5-3-10(17)8-13(11)19/h3-8,15H,2H2,1H3. The molecule has 20 heavy (non-hydrogen) atoms. The van der Waals surface area contributed by atoms with Gasteiger partial charge in [0.1, 0.15) is 11.6 Å². The minimum atomic E-state index is -0.609. The van der Waals surface area contributed by atoms with Crippen molar-refractivity contribution in [1.29, 1.82) is 0 Å². The summed E-state index contributed by atoms with van der Waals surface area (Å²) in [7, 11) is 0. The Morgan fingerprint density at radius 2 is 1.75 bits per heavy atom. The van der Waals surface area contributed by atoms with Crippen LogP contribution < -0.4 is 4.74 Å². The first-order valence-corrected chi connectivity index (χ1v) is 8.06. The molecule has 0 spiro atoms. The molecule has 106 valence electrons. The second-order valence-corrected chi connectivity index (χ2v) is 6.41. The van der Waals surface area contributed by atoms with Crippen LogP contribution in [0.3, 0.4) is 0 Å². The van der Waals surface area contributed by atoms with Gasteiger partial charge in [-0.15, -0.1) is 11.6 Å². The second-order valence-electron chi connectivity index (χ2n) is 4.14. The maximum Gasteiger partial charge on any atom is 0.129 e. The van der Waals surface area contributed by atoms with Crippen molar-refractivity contribution in [2.45, 2.75) is 12.3 Å². The average Bonchev–Trinajstić information content (AvgIpc) is 2.40. The third-order valence-electron chi connectivity index (χ3n) is 2.78. The molecule has 2 aromatic carbocycles. The molecule has 0 saturated carbocycles. The number of ether oxygens (including phenoxy) is 1. The molecule has 0 heterocycles. The highest BCUT2D eigenvalue weighted by Crippen LogP contribution is 2.38. The van der Waals surface area contributed by atoms with Crippen molar-refractivity contribution >= 4 is 43.5 Å². The quantitative estimate of drug-likeness (QED) is 0.543. The van der Waals surface area contributed by atoms with Crippen molar-refractivity contribution in [2.24, 2.45) is 0 Å². The smallest absolute Gasteiger partial charge is 0.129 e. The van der Waals surface area contributed by atoms with Crippen LogP contribution in [0.15, 0.2) is 45.3 Å². The molecule has 2 rings (SSSR count). The Balaban J connectivity index is 2.46. The van der Waals surface area contributed by atoms with Crippen molar-refractivity contribution in [1.82, 2.24) is 0 Å². The normalized spacial score (nSPS) is 12.2. The summed E-state index contributed by atoms with van der Waals surface area (Å²) in [5.74, 6) is 0.319. The minimum Gasteiger partial charge on any atom is -0.494 e. The van der Waals surface area contributed by atoms with Gasteiger partial charge in [-0.3, -0.25) is 0 Å². The summed E-state index contributed by atoms with van der Waals surface area (Å²) in [6.45, 7) is 2.43. The van der Waals surface area contributed by atoms with Gasteiger partial charge in [0.2, 0.25) is 0 Å². The van der Waals surface area contributed by atoms with Crippen LogP contribution in [0.1, 0.15) is 23.4 Å². The summed E-state index contributed by atoms with van der Waals surface area (Å²) in [6.07, 6.45) is 0. The lowest BCUT2D eigenvalue weighted by atomic mass is 10.0. The van der Waals surface area contributed by atoms with Gasteiger partial charge in [0.25, 0.3) is 0 Å². The number of halogens is 4. The van der Waals surface area contributed by atoms with E-state index in [1.807, 2.05) is 25.1 Å². The fraction of sp³-hybridized carbons (Fsp3) is 0.200. The van der Waals surface area contributed by atoms with Gasteiger partial charge in [-0.05, 0) is 37.3 Å². The highest BCUT2D eigenvalue weighted by atomic mass is 79.9. The fourth-order valence-corrected chi connectivity index (χ4v) is 2.94. The van der Waals surface area contributed by atoms with E-state index in [0.29, 0.717) is 22.4 Å². The molecule has 0 aliphatic carbocycles. The molecule has 0 bridgehead atoms. The molecule has 0 aliphatic heterocycles. The predicted molar refractivity (Wildman–Crippen MR) is 87.1 cm³/mol. The van der Waals surface area contributed by atoms with Crippen LogP contribution in [-0.2, 0) is 0 Å². The van der Waals surface area contributed by atoms with Gasteiger partial charge in [-0.25, -0.2) is 4.39 Å². The minimum absolute atomic E-state index is 0.346. The highest BCUT2D eigenvalue weighted by molar-refractivity contribution is 9.10. The number of benzene rings is 2.